The molecule has 0 spiro atoms. The third-order valence-corrected chi connectivity index (χ3v) is 3.72. The van der Waals surface area contributed by atoms with Gasteiger partial charge in [0.2, 0.25) is 0 Å². The predicted molar refractivity (Wildman–Crippen MR) is 77.3 cm³/mol. The largest absolute Gasteiger partial charge is 0.379 e. The molecule has 0 bridgehead atoms. The molecule has 5 heteroatoms. The lowest BCUT2D eigenvalue weighted by atomic mass is 9.87. The number of hydrogen-bond acceptors (Lipinski definition) is 2. The van der Waals surface area contributed by atoms with Crippen LogP contribution in [0.2, 0.25) is 5.02 Å². The quantitative estimate of drug-likeness (QED) is 0.929. The summed E-state index contributed by atoms with van der Waals surface area (Å²) in [5.74, 6) is -0.388. The van der Waals surface area contributed by atoms with Crippen molar-refractivity contribution in [2.24, 2.45) is 0 Å². The van der Waals surface area contributed by atoms with Crippen molar-refractivity contribution in [3.8, 4) is 0 Å². The normalized spacial score (nSPS) is 14.6. The first-order valence-electron chi connectivity index (χ1n) is 6.62. The first-order valence-corrected chi connectivity index (χ1v) is 6.99. The molecular formula is C15H18ClFN2O. The highest BCUT2D eigenvalue weighted by Crippen LogP contribution is 2.38. The topological polar surface area (TPSA) is 38.1 Å². The second-order valence-corrected chi connectivity index (χ2v) is 5.51. The molecule has 1 unspecified atom stereocenters. The van der Waals surface area contributed by atoms with E-state index in [1.807, 2.05) is 20.8 Å². The molecule has 3 nitrogen and oxygen atoms in total. The van der Waals surface area contributed by atoms with Gasteiger partial charge in [0.1, 0.15) is 11.4 Å². The van der Waals surface area contributed by atoms with Crippen LogP contribution < -0.4 is 0 Å². The van der Waals surface area contributed by atoms with Gasteiger partial charge in [-0.2, -0.15) is 5.10 Å². The van der Waals surface area contributed by atoms with Gasteiger partial charge in [0.05, 0.1) is 16.9 Å². The third kappa shape index (κ3) is 2.45. The van der Waals surface area contributed by atoms with Gasteiger partial charge >= 0.3 is 0 Å². The Morgan fingerprint density at radius 1 is 1.45 bits per heavy atom. The van der Waals surface area contributed by atoms with Crippen LogP contribution in [0.5, 0.6) is 0 Å². The van der Waals surface area contributed by atoms with Crippen LogP contribution >= 0.6 is 11.6 Å². The summed E-state index contributed by atoms with van der Waals surface area (Å²) in [7, 11) is 0. The zero-order valence-electron chi connectivity index (χ0n) is 11.8. The van der Waals surface area contributed by atoms with Gasteiger partial charge in [0.25, 0.3) is 0 Å². The molecule has 1 aromatic heterocycles. The minimum absolute atomic E-state index is 0.0455. The van der Waals surface area contributed by atoms with Gasteiger partial charge in [-0.05, 0) is 38.0 Å². The fourth-order valence-corrected chi connectivity index (χ4v) is 2.66. The Bertz CT molecular complexity index is 612. The monoisotopic (exact) mass is 296 g/mol. The highest BCUT2D eigenvalue weighted by molar-refractivity contribution is 6.31. The van der Waals surface area contributed by atoms with Crippen molar-refractivity contribution in [2.75, 3.05) is 0 Å². The van der Waals surface area contributed by atoms with Crippen molar-refractivity contribution in [2.45, 2.75) is 38.8 Å². The smallest absolute Gasteiger partial charge is 0.132 e. The molecule has 1 atom stereocenters. The maximum Gasteiger partial charge on any atom is 0.132 e. The fourth-order valence-electron chi connectivity index (χ4n) is 2.37. The van der Waals surface area contributed by atoms with Crippen LogP contribution in [0.25, 0.3) is 0 Å². The number of rotatable bonds is 4. The van der Waals surface area contributed by atoms with Gasteiger partial charge in [-0.25, -0.2) is 4.39 Å². The van der Waals surface area contributed by atoms with Crippen LogP contribution in [0.15, 0.2) is 30.5 Å². The van der Waals surface area contributed by atoms with E-state index in [0.29, 0.717) is 22.7 Å². The molecule has 0 aliphatic rings. The number of nitrogens with zero attached hydrogens (tertiary/aromatic N) is 2. The second-order valence-electron chi connectivity index (χ2n) is 5.10. The summed E-state index contributed by atoms with van der Waals surface area (Å²) in [6.07, 6.45) is 1.88. The highest BCUT2D eigenvalue weighted by Gasteiger charge is 2.36. The zero-order chi connectivity index (χ0) is 14.9. The molecule has 108 valence electrons. The molecular weight excluding hydrogens is 279 g/mol. The molecule has 0 aliphatic carbocycles. The van der Waals surface area contributed by atoms with Gasteiger partial charge < -0.3 is 5.11 Å². The van der Waals surface area contributed by atoms with E-state index in [1.165, 1.54) is 18.3 Å². The van der Waals surface area contributed by atoms with Crippen molar-refractivity contribution < 1.29 is 9.50 Å². The van der Waals surface area contributed by atoms with E-state index < -0.39 is 5.60 Å². The van der Waals surface area contributed by atoms with Crippen LogP contribution in [0.1, 0.15) is 44.5 Å². The molecule has 0 fully saturated rings. The van der Waals surface area contributed by atoms with E-state index in [2.05, 4.69) is 5.10 Å². The maximum atomic E-state index is 13.5. The molecule has 1 aromatic carbocycles. The van der Waals surface area contributed by atoms with Crippen molar-refractivity contribution in [1.29, 1.82) is 0 Å². The van der Waals surface area contributed by atoms with Crippen LogP contribution in [-0.2, 0) is 5.60 Å². The average Bonchev–Trinajstić information content (AvgIpc) is 2.80. The Balaban J connectivity index is 2.65. The second kappa shape index (κ2) is 5.54. The summed E-state index contributed by atoms with van der Waals surface area (Å²) in [6, 6.07) is 6.00. The lowest BCUT2D eigenvalue weighted by molar-refractivity contribution is 0.0650. The standard InChI is InChI=1S/C15H18ClFN2O/c1-4-15(20,11-6-5-7-12(17)8-11)14-13(16)9-18-19(14)10(2)3/h5-10,20H,4H2,1-3H3. The summed E-state index contributed by atoms with van der Waals surface area (Å²) in [5, 5.41) is 15.7. The van der Waals surface area contributed by atoms with Gasteiger partial charge in [-0.3, -0.25) is 4.68 Å². The van der Waals surface area contributed by atoms with Crippen molar-refractivity contribution in [1.82, 2.24) is 9.78 Å². The van der Waals surface area contributed by atoms with E-state index in [-0.39, 0.29) is 11.9 Å². The molecule has 2 aromatic rings. The van der Waals surface area contributed by atoms with Crippen LogP contribution in [0, 0.1) is 5.82 Å². The molecule has 2 rings (SSSR count). The molecule has 1 N–H and O–H groups in total. The number of halogens is 2. The van der Waals surface area contributed by atoms with Gasteiger partial charge in [-0.1, -0.05) is 30.7 Å². The van der Waals surface area contributed by atoms with Crippen LogP contribution in [0.4, 0.5) is 4.39 Å². The Labute approximate surface area is 123 Å². The van der Waals surface area contributed by atoms with Gasteiger partial charge in [0.15, 0.2) is 0 Å². The summed E-state index contributed by atoms with van der Waals surface area (Å²) in [5.41, 5.74) is -0.383. The fraction of sp³-hybridized carbons (Fsp3) is 0.400. The Morgan fingerprint density at radius 2 is 2.15 bits per heavy atom. The van der Waals surface area contributed by atoms with E-state index in [0.717, 1.165) is 0 Å². The van der Waals surface area contributed by atoms with Crippen molar-refractivity contribution >= 4 is 11.6 Å². The molecule has 0 saturated carbocycles. The van der Waals surface area contributed by atoms with E-state index in [1.54, 1.807) is 16.8 Å². The Hall–Kier alpha value is -1.39. The number of hydrogen-bond donors (Lipinski definition) is 1. The molecule has 0 aliphatic heterocycles. The minimum Gasteiger partial charge on any atom is -0.379 e. The number of aromatic nitrogens is 2. The molecule has 1 heterocycles. The van der Waals surface area contributed by atoms with E-state index in [4.69, 9.17) is 11.6 Å². The third-order valence-electron chi connectivity index (χ3n) is 3.45. The SMILES string of the molecule is CCC(O)(c1cccc(F)c1)c1c(Cl)cnn1C(C)C. The summed E-state index contributed by atoms with van der Waals surface area (Å²) in [6.45, 7) is 5.74. The lowest BCUT2D eigenvalue weighted by Gasteiger charge is -2.30. The summed E-state index contributed by atoms with van der Waals surface area (Å²) in [4.78, 5) is 0. The molecule has 20 heavy (non-hydrogen) atoms. The van der Waals surface area contributed by atoms with Crippen molar-refractivity contribution in [3.05, 3.63) is 52.6 Å². The Morgan fingerprint density at radius 3 is 2.70 bits per heavy atom. The van der Waals surface area contributed by atoms with Crippen LogP contribution in [0.3, 0.4) is 0 Å². The number of benzene rings is 1. The predicted octanol–water partition coefficient (Wildman–Crippen LogP) is 3.90. The van der Waals surface area contributed by atoms with E-state index >= 15 is 0 Å². The van der Waals surface area contributed by atoms with Crippen molar-refractivity contribution in [3.63, 3.8) is 0 Å². The maximum absolute atomic E-state index is 13.5. The van der Waals surface area contributed by atoms with E-state index in [9.17, 15) is 9.50 Å². The first-order chi connectivity index (χ1) is 9.40. The van der Waals surface area contributed by atoms with Crippen LogP contribution in [-0.4, -0.2) is 14.9 Å². The number of aliphatic hydroxyl groups is 1. The highest BCUT2D eigenvalue weighted by atomic mass is 35.5. The Kier molecular flexibility index (Phi) is 4.16. The van der Waals surface area contributed by atoms with Gasteiger partial charge in [0, 0.05) is 6.04 Å². The summed E-state index contributed by atoms with van der Waals surface area (Å²) >= 11 is 6.20. The molecule has 0 radical (unpaired) electrons. The molecule has 0 amide bonds. The summed E-state index contributed by atoms with van der Waals surface area (Å²) < 4.78 is 15.1. The minimum atomic E-state index is -1.36. The first kappa shape index (κ1) is 15.0. The average molecular weight is 297 g/mol. The zero-order valence-corrected chi connectivity index (χ0v) is 12.5. The lowest BCUT2D eigenvalue weighted by Crippen LogP contribution is -2.31. The molecule has 0 saturated heterocycles. The van der Waals surface area contributed by atoms with Gasteiger partial charge in [-0.15, -0.1) is 0 Å².